The number of aliphatic imine (C=N–C) groups is 1. The normalized spacial score (nSPS) is 15.1. The van der Waals surface area contributed by atoms with E-state index in [-0.39, 0.29) is 41.2 Å². The summed E-state index contributed by atoms with van der Waals surface area (Å²) in [7, 11) is 0. The summed E-state index contributed by atoms with van der Waals surface area (Å²) in [6.45, 7) is 5.36. The Morgan fingerprint density at radius 3 is 2.59 bits per heavy atom. The lowest BCUT2D eigenvalue weighted by Gasteiger charge is -2.51. The number of nitrogen functional groups attached to an aromatic ring is 1. The van der Waals surface area contributed by atoms with E-state index >= 15 is 0 Å². The number of nitrogens with zero attached hydrogens (tertiary/aromatic N) is 2. The molecule has 1 heterocycles. The van der Waals surface area contributed by atoms with Crippen molar-refractivity contribution in [3.63, 3.8) is 0 Å². The van der Waals surface area contributed by atoms with Crippen LogP contribution in [-0.4, -0.2) is 42.1 Å². The highest BCUT2D eigenvalue weighted by Crippen LogP contribution is 2.43. The van der Waals surface area contributed by atoms with Crippen LogP contribution in [-0.2, 0) is 15.1 Å². The quantitative estimate of drug-likeness (QED) is 0.245. The molecular formula is C22H22Cl2FN5O2. The molecule has 7 nitrogen and oxygen atoms in total. The molecule has 2 aromatic rings. The fraction of sp³-hybridized carbons (Fsp3) is 0.227. The summed E-state index contributed by atoms with van der Waals surface area (Å²) >= 11 is 12.5. The van der Waals surface area contributed by atoms with Crippen molar-refractivity contribution in [3.8, 4) is 0 Å². The molecule has 0 spiro atoms. The fourth-order valence-electron chi connectivity index (χ4n) is 3.68. The van der Waals surface area contributed by atoms with Gasteiger partial charge in [-0.3, -0.25) is 14.6 Å². The lowest BCUT2D eigenvalue weighted by molar-refractivity contribution is -0.132. The third-order valence-electron chi connectivity index (χ3n) is 5.23. The van der Waals surface area contributed by atoms with E-state index in [1.54, 1.807) is 25.1 Å². The van der Waals surface area contributed by atoms with E-state index in [2.05, 4.69) is 16.9 Å². The van der Waals surface area contributed by atoms with E-state index in [1.807, 2.05) is 0 Å². The number of anilines is 2. The number of primary amides is 1. The van der Waals surface area contributed by atoms with E-state index in [0.29, 0.717) is 22.6 Å². The van der Waals surface area contributed by atoms with E-state index in [9.17, 15) is 14.0 Å². The molecule has 1 aliphatic rings. The molecule has 10 heteroatoms. The molecule has 1 fully saturated rings. The Bertz CT molecular complexity index is 1130. The van der Waals surface area contributed by atoms with Gasteiger partial charge in [0.15, 0.2) is 0 Å². The molecule has 1 aliphatic heterocycles. The minimum absolute atomic E-state index is 0.0730. The Labute approximate surface area is 194 Å². The SMILES string of the molecule is C=CC(=O)N1CC(Nc2ccc(C(C)=NCC(N)=O)c(N)c2)(c2c(F)ccc(Cl)c2Cl)C1. The molecule has 0 aliphatic carbocycles. The average molecular weight is 478 g/mol. The molecular weight excluding hydrogens is 456 g/mol. The summed E-state index contributed by atoms with van der Waals surface area (Å²) in [6.07, 6.45) is 1.20. The van der Waals surface area contributed by atoms with Gasteiger partial charge in [-0.1, -0.05) is 29.8 Å². The van der Waals surface area contributed by atoms with Crippen LogP contribution in [0.2, 0.25) is 10.0 Å². The fourth-order valence-corrected chi connectivity index (χ4v) is 4.18. The van der Waals surface area contributed by atoms with Crippen molar-refractivity contribution >= 4 is 52.1 Å². The number of benzene rings is 2. The summed E-state index contributed by atoms with van der Waals surface area (Å²) in [5.74, 6) is -1.37. The molecule has 0 radical (unpaired) electrons. The minimum atomic E-state index is -1.02. The average Bonchev–Trinajstić information content (AvgIpc) is 2.72. The topological polar surface area (TPSA) is 114 Å². The van der Waals surface area contributed by atoms with Gasteiger partial charge in [0.2, 0.25) is 11.8 Å². The lowest BCUT2D eigenvalue weighted by atomic mass is 9.81. The Hall–Kier alpha value is -3.10. The monoisotopic (exact) mass is 477 g/mol. The standard InChI is InChI=1S/C22H22Cl2FN5O2/c1-3-19(32)30-10-22(11-30,20-16(25)7-6-15(23)21(20)24)29-13-4-5-14(17(26)8-13)12(2)28-9-18(27)31/h3-8,29H,1,9-11,26H2,2H3,(H2,27,31). The first-order valence-electron chi connectivity index (χ1n) is 9.60. The van der Waals surface area contributed by atoms with Gasteiger partial charge in [0.25, 0.3) is 0 Å². The van der Waals surface area contributed by atoms with E-state index < -0.39 is 17.3 Å². The van der Waals surface area contributed by atoms with Crippen molar-refractivity contribution in [1.29, 1.82) is 0 Å². The maximum atomic E-state index is 14.9. The minimum Gasteiger partial charge on any atom is -0.398 e. The van der Waals surface area contributed by atoms with Gasteiger partial charge in [0.1, 0.15) is 17.9 Å². The first-order valence-corrected chi connectivity index (χ1v) is 10.4. The first-order chi connectivity index (χ1) is 15.1. The molecule has 32 heavy (non-hydrogen) atoms. The van der Waals surface area contributed by atoms with E-state index in [0.717, 1.165) is 0 Å². The Balaban J connectivity index is 1.97. The number of rotatable bonds is 7. The molecule has 2 aromatic carbocycles. The highest BCUT2D eigenvalue weighted by Gasteiger charge is 2.49. The van der Waals surface area contributed by atoms with Crippen LogP contribution >= 0.6 is 23.2 Å². The molecule has 3 rings (SSSR count). The highest BCUT2D eigenvalue weighted by atomic mass is 35.5. The Morgan fingerprint density at radius 2 is 2.00 bits per heavy atom. The van der Waals surface area contributed by atoms with Gasteiger partial charge in [0.05, 0.1) is 23.1 Å². The van der Waals surface area contributed by atoms with Crippen molar-refractivity contribution in [1.82, 2.24) is 4.90 Å². The van der Waals surface area contributed by atoms with Gasteiger partial charge in [0, 0.05) is 28.2 Å². The molecule has 0 saturated carbocycles. The third-order valence-corrected chi connectivity index (χ3v) is 6.03. The lowest BCUT2D eigenvalue weighted by Crippen LogP contribution is -2.65. The molecule has 0 bridgehead atoms. The van der Waals surface area contributed by atoms with Crippen LogP contribution in [0.3, 0.4) is 0 Å². The van der Waals surface area contributed by atoms with Gasteiger partial charge >= 0.3 is 0 Å². The zero-order valence-corrected chi connectivity index (χ0v) is 18.8. The number of nitrogens with two attached hydrogens (primary N) is 2. The zero-order valence-electron chi connectivity index (χ0n) is 17.3. The summed E-state index contributed by atoms with van der Waals surface area (Å²) in [5, 5.41) is 3.55. The van der Waals surface area contributed by atoms with Crippen molar-refractivity contribution in [2.24, 2.45) is 10.7 Å². The van der Waals surface area contributed by atoms with Crippen molar-refractivity contribution < 1.29 is 14.0 Å². The predicted molar refractivity (Wildman–Crippen MR) is 126 cm³/mol. The molecule has 5 N–H and O–H groups in total. The Kier molecular flexibility index (Phi) is 6.76. The number of hydrogen-bond acceptors (Lipinski definition) is 5. The van der Waals surface area contributed by atoms with Crippen LogP contribution in [0.25, 0.3) is 0 Å². The summed E-state index contributed by atoms with van der Waals surface area (Å²) in [5.41, 5.74) is 12.6. The first kappa shape index (κ1) is 23.6. The van der Waals surface area contributed by atoms with Crippen LogP contribution in [0.1, 0.15) is 18.1 Å². The maximum absolute atomic E-state index is 14.9. The molecule has 2 amide bonds. The van der Waals surface area contributed by atoms with E-state index in [4.69, 9.17) is 34.7 Å². The number of halogens is 3. The highest BCUT2D eigenvalue weighted by molar-refractivity contribution is 6.42. The maximum Gasteiger partial charge on any atom is 0.246 e. The van der Waals surface area contributed by atoms with Gasteiger partial charge in [-0.2, -0.15) is 0 Å². The zero-order chi connectivity index (χ0) is 23.6. The van der Waals surface area contributed by atoms with Crippen LogP contribution < -0.4 is 16.8 Å². The number of likely N-dealkylation sites (tertiary alicyclic amines) is 1. The largest absolute Gasteiger partial charge is 0.398 e. The molecule has 1 saturated heterocycles. The molecule has 0 aromatic heterocycles. The molecule has 0 unspecified atom stereocenters. The van der Waals surface area contributed by atoms with Crippen molar-refractivity contribution in [2.75, 3.05) is 30.7 Å². The van der Waals surface area contributed by atoms with Gasteiger partial charge in [-0.25, -0.2) is 4.39 Å². The van der Waals surface area contributed by atoms with Gasteiger partial charge in [-0.05, 0) is 43.3 Å². The predicted octanol–water partition coefficient (Wildman–Crippen LogP) is 3.34. The smallest absolute Gasteiger partial charge is 0.246 e. The molecule has 168 valence electrons. The second-order valence-electron chi connectivity index (χ2n) is 7.49. The van der Waals surface area contributed by atoms with E-state index in [1.165, 1.54) is 23.1 Å². The number of carbonyl (C=O) groups excluding carboxylic acids is 2. The van der Waals surface area contributed by atoms with Crippen molar-refractivity contribution in [2.45, 2.75) is 12.5 Å². The van der Waals surface area contributed by atoms with Crippen molar-refractivity contribution in [3.05, 3.63) is 70.0 Å². The number of carbonyl (C=O) groups is 2. The van der Waals surface area contributed by atoms with Crippen LogP contribution in [0, 0.1) is 5.82 Å². The third kappa shape index (κ3) is 4.56. The second-order valence-corrected chi connectivity index (χ2v) is 8.28. The number of amides is 2. The van der Waals surface area contributed by atoms with Gasteiger partial charge < -0.3 is 21.7 Å². The van der Waals surface area contributed by atoms with Crippen LogP contribution in [0.5, 0.6) is 0 Å². The summed E-state index contributed by atoms with van der Waals surface area (Å²) in [4.78, 5) is 28.6. The Morgan fingerprint density at radius 1 is 1.31 bits per heavy atom. The van der Waals surface area contributed by atoms with Crippen LogP contribution in [0.4, 0.5) is 15.8 Å². The van der Waals surface area contributed by atoms with Crippen LogP contribution in [0.15, 0.2) is 48.0 Å². The number of nitrogens with one attached hydrogen (secondary N) is 1. The summed E-state index contributed by atoms with van der Waals surface area (Å²) < 4.78 is 14.9. The second kappa shape index (κ2) is 9.18. The van der Waals surface area contributed by atoms with Gasteiger partial charge in [-0.15, -0.1) is 0 Å². The molecule has 0 atom stereocenters. The number of hydrogen-bond donors (Lipinski definition) is 3. The summed E-state index contributed by atoms with van der Waals surface area (Å²) in [6, 6.07) is 7.75.